The van der Waals surface area contributed by atoms with Crippen molar-refractivity contribution in [3.8, 4) is 0 Å². The zero-order valence-electron chi connectivity index (χ0n) is 13.2. The van der Waals surface area contributed by atoms with Crippen molar-refractivity contribution in [2.75, 3.05) is 0 Å². The maximum absolute atomic E-state index is 12.6. The van der Waals surface area contributed by atoms with E-state index in [2.05, 4.69) is 34.6 Å². The van der Waals surface area contributed by atoms with E-state index in [1.165, 1.54) is 0 Å². The average Bonchev–Trinajstić information content (AvgIpc) is 2.16. The van der Waals surface area contributed by atoms with Gasteiger partial charge in [-0.15, -0.1) is 0 Å². The van der Waals surface area contributed by atoms with Gasteiger partial charge in [-0.1, -0.05) is 34.6 Å². The Balaban J connectivity index is 3.55. The molecule has 0 atom stereocenters. The molecule has 0 fully saturated rings. The van der Waals surface area contributed by atoms with Crippen molar-refractivity contribution < 1.29 is 5.11 Å². The highest BCUT2D eigenvalue weighted by Gasteiger charge is 2.25. The third-order valence-corrected chi connectivity index (χ3v) is 3.15. The van der Waals surface area contributed by atoms with Crippen LogP contribution in [0.4, 0.5) is 0 Å². The summed E-state index contributed by atoms with van der Waals surface area (Å²) in [4.78, 5) is 12.6. The van der Waals surface area contributed by atoms with Crippen LogP contribution in [-0.4, -0.2) is 9.67 Å². The van der Waals surface area contributed by atoms with Crippen LogP contribution in [-0.2, 0) is 17.6 Å². The lowest BCUT2D eigenvalue weighted by Crippen LogP contribution is -2.37. The zero-order valence-corrected chi connectivity index (χ0v) is 13.2. The molecular weight excluding hydrogens is 238 g/mol. The fraction of sp³-hybridized carbons (Fsp3) is 0.688. The summed E-state index contributed by atoms with van der Waals surface area (Å²) in [5.74, 6) is 0.385. The molecule has 0 amide bonds. The van der Waals surface area contributed by atoms with Gasteiger partial charge in [0.1, 0.15) is 0 Å². The third kappa shape index (κ3) is 3.69. The van der Waals surface area contributed by atoms with Crippen LogP contribution in [0.5, 0.6) is 0 Å². The minimum atomic E-state index is -1.10. The molecule has 0 aliphatic rings. The second-order valence-corrected chi connectivity index (χ2v) is 7.25. The van der Waals surface area contributed by atoms with Crippen LogP contribution in [0.3, 0.4) is 0 Å². The van der Waals surface area contributed by atoms with Gasteiger partial charge in [0.2, 0.25) is 0 Å². The quantitative estimate of drug-likeness (QED) is 0.912. The first-order valence-electron chi connectivity index (χ1n) is 6.91. The standard InChI is InChI=1S/C16H27NO2/c1-11(2)10-17-13(15(3,4)5)9-8-12(14(17)18)16(6,7)19/h8-9,11,19H,10H2,1-7H3. The molecule has 3 heteroatoms. The smallest absolute Gasteiger partial charge is 0.256 e. The number of aliphatic hydroxyl groups is 1. The lowest BCUT2D eigenvalue weighted by Gasteiger charge is -2.27. The first kappa shape index (κ1) is 16.0. The molecule has 1 N–H and O–H groups in total. The summed E-state index contributed by atoms with van der Waals surface area (Å²) < 4.78 is 1.82. The first-order chi connectivity index (χ1) is 8.44. The molecule has 0 radical (unpaired) electrons. The van der Waals surface area contributed by atoms with Gasteiger partial charge in [-0.25, -0.2) is 0 Å². The summed E-state index contributed by atoms with van der Waals surface area (Å²) >= 11 is 0. The zero-order chi connectivity index (χ0) is 15.0. The molecule has 0 aliphatic heterocycles. The Hall–Kier alpha value is -1.09. The molecule has 0 aliphatic carbocycles. The van der Waals surface area contributed by atoms with E-state index in [-0.39, 0.29) is 11.0 Å². The van der Waals surface area contributed by atoms with E-state index in [0.29, 0.717) is 18.0 Å². The fourth-order valence-electron chi connectivity index (χ4n) is 2.25. The van der Waals surface area contributed by atoms with Gasteiger partial charge in [0.15, 0.2) is 0 Å². The van der Waals surface area contributed by atoms with E-state index < -0.39 is 5.60 Å². The molecule has 0 spiro atoms. The van der Waals surface area contributed by atoms with Gasteiger partial charge in [-0.2, -0.15) is 0 Å². The summed E-state index contributed by atoms with van der Waals surface area (Å²) in [7, 11) is 0. The predicted octanol–water partition coefficient (Wildman–Crippen LogP) is 3.03. The van der Waals surface area contributed by atoms with Crippen molar-refractivity contribution in [2.45, 2.75) is 66.0 Å². The summed E-state index contributed by atoms with van der Waals surface area (Å²) in [6, 6.07) is 3.73. The monoisotopic (exact) mass is 265 g/mol. The van der Waals surface area contributed by atoms with Crippen molar-refractivity contribution in [3.63, 3.8) is 0 Å². The molecule has 0 unspecified atom stereocenters. The second kappa shape index (κ2) is 5.12. The highest BCUT2D eigenvalue weighted by Crippen LogP contribution is 2.24. The molecule has 0 saturated carbocycles. The van der Waals surface area contributed by atoms with Crippen LogP contribution in [0, 0.1) is 5.92 Å². The molecule has 0 bridgehead atoms. The number of aromatic nitrogens is 1. The van der Waals surface area contributed by atoms with Gasteiger partial charge < -0.3 is 9.67 Å². The summed E-state index contributed by atoms with van der Waals surface area (Å²) in [5.41, 5.74) is 0.201. The third-order valence-electron chi connectivity index (χ3n) is 3.15. The lowest BCUT2D eigenvalue weighted by atomic mass is 9.89. The van der Waals surface area contributed by atoms with Crippen molar-refractivity contribution in [3.05, 3.63) is 33.7 Å². The summed E-state index contributed by atoms with van der Waals surface area (Å²) in [6.45, 7) is 14.5. The Labute approximate surface area is 116 Å². The highest BCUT2D eigenvalue weighted by atomic mass is 16.3. The minimum Gasteiger partial charge on any atom is -0.386 e. The van der Waals surface area contributed by atoms with E-state index in [1.54, 1.807) is 19.9 Å². The average molecular weight is 265 g/mol. The number of pyridine rings is 1. The molecule has 1 aromatic heterocycles. The number of nitrogens with zero attached hydrogens (tertiary/aromatic N) is 1. The van der Waals surface area contributed by atoms with Crippen LogP contribution in [0.2, 0.25) is 0 Å². The van der Waals surface area contributed by atoms with Crippen molar-refractivity contribution >= 4 is 0 Å². The SMILES string of the molecule is CC(C)Cn1c(C(C)(C)C)ccc(C(C)(C)O)c1=O. The van der Waals surface area contributed by atoms with Crippen LogP contribution in [0.15, 0.2) is 16.9 Å². The predicted molar refractivity (Wildman–Crippen MR) is 79.5 cm³/mol. The summed E-state index contributed by atoms with van der Waals surface area (Å²) in [6.07, 6.45) is 0. The van der Waals surface area contributed by atoms with Crippen LogP contribution in [0.1, 0.15) is 59.7 Å². The van der Waals surface area contributed by atoms with Gasteiger partial charge in [-0.3, -0.25) is 4.79 Å². The summed E-state index contributed by atoms with van der Waals surface area (Å²) in [5, 5.41) is 10.1. The molecule has 0 aromatic carbocycles. The maximum atomic E-state index is 12.6. The number of hydrogen-bond donors (Lipinski definition) is 1. The number of hydrogen-bond acceptors (Lipinski definition) is 2. The number of rotatable bonds is 3. The Morgan fingerprint density at radius 2 is 1.68 bits per heavy atom. The van der Waals surface area contributed by atoms with Crippen LogP contribution >= 0.6 is 0 Å². The fourth-order valence-corrected chi connectivity index (χ4v) is 2.25. The van der Waals surface area contributed by atoms with Crippen LogP contribution in [0.25, 0.3) is 0 Å². The molecule has 1 aromatic rings. The van der Waals surface area contributed by atoms with E-state index in [0.717, 1.165) is 5.69 Å². The van der Waals surface area contributed by atoms with Gasteiger partial charge in [0.05, 0.1) is 5.60 Å². The largest absolute Gasteiger partial charge is 0.386 e. The molecule has 0 saturated heterocycles. The lowest BCUT2D eigenvalue weighted by molar-refractivity contribution is 0.0762. The Kier molecular flexibility index (Phi) is 4.30. The Bertz CT molecular complexity index is 499. The van der Waals surface area contributed by atoms with E-state index >= 15 is 0 Å². The second-order valence-electron chi connectivity index (χ2n) is 7.25. The van der Waals surface area contributed by atoms with E-state index in [9.17, 15) is 9.90 Å². The van der Waals surface area contributed by atoms with Crippen molar-refractivity contribution in [1.82, 2.24) is 4.57 Å². The molecule has 19 heavy (non-hydrogen) atoms. The van der Waals surface area contributed by atoms with Gasteiger partial charge >= 0.3 is 0 Å². The highest BCUT2D eigenvalue weighted by molar-refractivity contribution is 5.24. The molecule has 1 rings (SSSR count). The van der Waals surface area contributed by atoms with Crippen molar-refractivity contribution in [1.29, 1.82) is 0 Å². The van der Waals surface area contributed by atoms with E-state index in [4.69, 9.17) is 0 Å². The minimum absolute atomic E-state index is 0.0753. The Morgan fingerprint density at radius 1 is 1.16 bits per heavy atom. The molecule has 3 nitrogen and oxygen atoms in total. The molecule has 1 heterocycles. The van der Waals surface area contributed by atoms with Crippen LogP contribution < -0.4 is 5.56 Å². The Morgan fingerprint density at radius 3 is 2.05 bits per heavy atom. The topological polar surface area (TPSA) is 42.2 Å². The molecular formula is C16H27NO2. The van der Waals surface area contributed by atoms with Gasteiger partial charge in [-0.05, 0) is 31.9 Å². The van der Waals surface area contributed by atoms with Gasteiger partial charge in [0, 0.05) is 23.2 Å². The first-order valence-corrected chi connectivity index (χ1v) is 6.91. The maximum Gasteiger partial charge on any atom is 0.256 e. The van der Waals surface area contributed by atoms with E-state index in [1.807, 2.05) is 10.6 Å². The van der Waals surface area contributed by atoms with Gasteiger partial charge in [0.25, 0.3) is 5.56 Å². The molecule has 108 valence electrons. The normalized spacial score (nSPS) is 13.1. The van der Waals surface area contributed by atoms with Crippen molar-refractivity contribution in [2.24, 2.45) is 5.92 Å².